The standard InChI is InChI=1S/C10H7N3S/c1-7(12-13-11)9-6-14-10-5-3-2-4-8(9)10/h2-6H,1H2. The smallest absolute Gasteiger partial charge is 0.0390 e. The van der Waals surface area contributed by atoms with Crippen molar-refractivity contribution < 1.29 is 0 Å². The number of nitrogens with zero attached hydrogens (tertiary/aromatic N) is 3. The highest BCUT2D eigenvalue weighted by Crippen LogP contribution is 2.30. The summed E-state index contributed by atoms with van der Waals surface area (Å²) in [6, 6.07) is 7.98. The van der Waals surface area contributed by atoms with Crippen LogP contribution in [0.5, 0.6) is 0 Å². The Morgan fingerprint density at radius 3 is 3.00 bits per heavy atom. The number of azide groups is 1. The lowest BCUT2D eigenvalue weighted by Gasteiger charge is -1.95. The number of thiophene rings is 1. The van der Waals surface area contributed by atoms with Gasteiger partial charge in [0.15, 0.2) is 0 Å². The summed E-state index contributed by atoms with van der Waals surface area (Å²) in [6.07, 6.45) is 0. The van der Waals surface area contributed by atoms with Gasteiger partial charge in [-0.2, -0.15) is 0 Å². The third kappa shape index (κ3) is 1.37. The van der Waals surface area contributed by atoms with Crippen molar-refractivity contribution in [1.29, 1.82) is 0 Å². The van der Waals surface area contributed by atoms with Gasteiger partial charge in [0.05, 0.1) is 0 Å². The zero-order chi connectivity index (χ0) is 9.97. The maximum atomic E-state index is 8.31. The molecule has 1 aromatic heterocycles. The van der Waals surface area contributed by atoms with Crippen molar-refractivity contribution in [1.82, 2.24) is 0 Å². The van der Waals surface area contributed by atoms with Gasteiger partial charge in [-0.25, -0.2) is 0 Å². The number of hydrogen-bond acceptors (Lipinski definition) is 2. The summed E-state index contributed by atoms with van der Waals surface area (Å²) in [6.45, 7) is 3.72. The number of rotatable bonds is 2. The molecule has 1 heterocycles. The molecule has 2 rings (SSSR count). The molecule has 0 aliphatic heterocycles. The highest BCUT2D eigenvalue weighted by molar-refractivity contribution is 7.17. The highest BCUT2D eigenvalue weighted by atomic mass is 32.1. The Kier molecular flexibility index (Phi) is 2.23. The zero-order valence-electron chi connectivity index (χ0n) is 7.34. The lowest BCUT2D eigenvalue weighted by atomic mass is 10.1. The molecule has 0 fully saturated rings. The van der Waals surface area contributed by atoms with Crippen LogP contribution in [0.4, 0.5) is 0 Å². The molecule has 0 saturated heterocycles. The average Bonchev–Trinajstić information content (AvgIpc) is 2.61. The zero-order valence-corrected chi connectivity index (χ0v) is 8.16. The molecule has 2 aromatic rings. The first-order valence-corrected chi connectivity index (χ1v) is 4.91. The lowest BCUT2D eigenvalue weighted by molar-refractivity contribution is 1.53. The fourth-order valence-corrected chi connectivity index (χ4v) is 2.28. The van der Waals surface area contributed by atoms with E-state index in [1.807, 2.05) is 29.6 Å². The van der Waals surface area contributed by atoms with E-state index in [0.717, 1.165) is 10.9 Å². The van der Waals surface area contributed by atoms with Gasteiger partial charge in [-0.3, -0.25) is 0 Å². The second-order valence-electron chi connectivity index (χ2n) is 2.78. The van der Waals surface area contributed by atoms with Crippen LogP contribution in [0.1, 0.15) is 5.56 Å². The van der Waals surface area contributed by atoms with Crippen LogP contribution in [-0.4, -0.2) is 0 Å². The van der Waals surface area contributed by atoms with E-state index in [9.17, 15) is 0 Å². The Hall–Kier alpha value is -1.77. The van der Waals surface area contributed by atoms with Crippen molar-refractivity contribution in [2.45, 2.75) is 0 Å². The molecule has 0 saturated carbocycles. The molecule has 0 bridgehead atoms. The summed E-state index contributed by atoms with van der Waals surface area (Å²) in [7, 11) is 0. The molecule has 0 N–H and O–H groups in total. The topological polar surface area (TPSA) is 48.8 Å². The van der Waals surface area contributed by atoms with Crippen LogP contribution in [-0.2, 0) is 0 Å². The molecule has 0 atom stereocenters. The average molecular weight is 201 g/mol. The van der Waals surface area contributed by atoms with Crippen LogP contribution in [0.2, 0.25) is 0 Å². The number of fused-ring (bicyclic) bond motifs is 1. The predicted octanol–water partition coefficient (Wildman–Crippen LogP) is 4.18. The minimum absolute atomic E-state index is 0.477. The summed E-state index contributed by atoms with van der Waals surface area (Å²) in [5.74, 6) is 0. The largest absolute Gasteiger partial charge is 0.143 e. The maximum Gasteiger partial charge on any atom is 0.0390 e. The van der Waals surface area contributed by atoms with Crippen LogP contribution in [0.3, 0.4) is 0 Å². The van der Waals surface area contributed by atoms with Crippen molar-refractivity contribution in [3.8, 4) is 0 Å². The van der Waals surface area contributed by atoms with Gasteiger partial charge in [-0.05, 0) is 17.0 Å². The first kappa shape index (κ1) is 8.81. The van der Waals surface area contributed by atoms with Gasteiger partial charge in [0.1, 0.15) is 0 Å². The maximum absolute atomic E-state index is 8.31. The Morgan fingerprint density at radius 1 is 1.43 bits per heavy atom. The Balaban J connectivity index is 2.64. The van der Waals surface area contributed by atoms with Gasteiger partial charge in [-0.15, -0.1) is 11.3 Å². The van der Waals surface area contributed by atoms with Gasteiger partial charge in [0.25, 0.3) is 0 Å². The summed E-state index contributed by atoms with van der Waals surface area (Å²) in [5, 5.41) is 6.56. The summed E-state index contributed by atoms with van der Waals surface area (Å²) in [5.41, 5.74) is 9.71. The van der Waals surface area contributed by atoms with Gasteiger partial charge in [-0.1, -0.05) is 29.9 Å². The fraction of sp³-hybridized carbons (Fsp3) is 0. The Morgan fingerprint density at radius 2 is 2.21 bits per heavy atom. The second-order valence-corrected chi connectivity index (χ2v) is 3.69. The van der Waals surface area contributed by atoms with Crippen LogP contribution < -0.4 is 0 Å². The van der Waals surface area contributed by atoms with E-state index in [2.05, 4.69) is 16.6 Å². The van der Waals surface area contributed by atoms with E-state index in [4.69, 9.17) is 5.53 Å². The molecule has 1 aromatic carbocycles. The SMILES string of the molecule is C=C(N=[N+]=[N-])c1csc2ccccc12. The Bertz CT molecular complexity index is 535. The molecular weight excluding hydrogens is 194 g/mol. The summed E-state index contributed by atoms with van der Waals surface area (Å²) >= 11 is 1.62. The van der Waals surface area contributed by atoms with Crippen molar-refractivity contribution in [2.24, 2.45) is 5.11 Å². The molecule has 0 spiro atoms. The van der Waals surface area contributed by atoms with Gasteiger partial charge >= 0.3 is 0 Å². The molecule has 0 radical (unpaired) electrons. The van der Waals surface area contributed by atoms with Crippen LogP contribution in [0.15, 0.2) is 41.3 Å². The van der Waals surface area contributed by atoms with Gasteiger partial charge in [0.2, 0.25) is 0 Å². The third-order valence-electron chi connectivity index (χ3n) is 1.96. The number of hydrogen-bond donors (Lipinski definition) is 0. The quantitative estimate of drug-likeness (QED) is 0.397. The van der Waals surface area contributed by atoms with Gasteiger partial charge < -0.3 is 0 Å². The highest BCUT2D eigenvalue weighted by Gasteiger charge is 2.04. The molecule has 0 unspecified atom stereocenters. The van der Waals surface area contributed by atoms with E-state index in [0.29, 0.717) is 5.70 Å². The van der Waals surface area contributed by atoms with Gasteiger partial charge in [0, 0.05) is 26.3 Å². The summed E-state index contributed by atoms with van der Waals surface area (Å²) in [4.78, 5) is 2.73. The molecule has 0 aliphatic carbocycles. The first-order chi connectivity index (χ1) is 6.83. The van der Waals surface area contributed by atoms with E-state index >= 15 is 0 Å². The van der Waals surface area contributed by atoms with E-state index in [1.165, 1.54) is 4.70 Å². The first-order valence-electron chi connectivity index (χ1n) is 4.03. The van der Waals surface area contributed by atoms with E-state index in [-0.39, 0.29) is 0 Å². The minimum atomic E-state index is 0.477. The van der Waals surface area contributed by atoms with E-state index in [1.54, 1.807) is 11.3 Å². The molecule has 0 aliphatic rings. The van der Waals surface area contributed by atoms with E-state index < -0.39 is 0 Å². The number of benzene rings is 1. The summed E-state index contributed by atoms with van der Waals surface area (Å²) < 4.78 is 1.18. The fourth-order valence-electron chi connectivity index (χ4n) is 1.31. The van der Waals surface area contributed by atoms with Crippen molar-refractivity contribution in [2.75, 3.05) is 0 Å². The molecule has 3 nitrogen and oxygen atoms in total. The third-order valence-corrected chi connectivity index (χ3v) is 2.92. The molecule has 4 heteroatoms. The lowest BCUT2D eigenvalue weighted by Crippen LogP contribution is -1.73. The second kappa shape index (κ2) is 3.54. The molecule has 68 valence electrons. The molecular formula is C10H7N3S. The van der Waals surface area contributed by atoms with Crippen LogP contribution in [0, 0.1) is 0 Å². The normalized spacial score (nSPS) is 9.71. The van der Waals surface area contributed by atoms with Crippen LogP contribution in [0.25, 0.3) is 26.2 Å². The van der Waals surface area contributed by atoms with Crippen LogP contribution >= 0.6 is 11.3 Å². The monoisotopic (exact) mass is 201 g/mol. The van der Waals surface area contributed by atoms with Crippen molar-refractivity contribution >= 4 is 27.1 Å². The van der Waals surface area contributed by atoms with Crippen molar-refractivity contribution in [3.05, 3.63) is 52.2 Å². The van der Waals surface area contributed by atoms with Crippen molar-refractivity contribution in [3.63, 3.8) is 0 Å². The Labute approximate surface area is 84.9 Å². The predicted molar refractivity (Wildman–Crippen MR) is 60.0 cm³/mol. The minimum Gasteiger partial charge on any atom is -0.143 e. The molecule has 14 heavy (non-hydrogen) atoms. The molecule has 0 amide bonds.